The van der Waals surface area contributed by atoms with Gasteiger partial charge >= 0.3 is 11.7 Å². The van der Waals surface area contributed by atoms with Crippen LogP contribution in [0.1, 0.15) is 64.9 Å². The lowest BCUT2D eigenvalue weighted by Gasteiger charge is -2.13. The van der Waals surface area contributed by atoms with Crippen molar-refractivity contribution in [2.75, 3.05) is 18.5 Å². The molecular formula is C25H38N4O4S. The second-order valence-corrected chi connectivity index (χ2v) is 9.93. The minimum Gasteiger partial charge on any atom is -0.465 e. The molecule has 0 bridgehead atoms. The number of anilines is 1. The molecule has 0 radical (unpaired) electrons. The van der Waals surface area contributed by atoms with Crippen LogP contribution in [-0.2, 0) is 29.5 Å². The Morgan fingerprint density at radius 1 is 1.18 bits per heavy atom. The van der Waals surface area contributed by atoms with Crippen LogP contribution in [0.2, 0.25) is 0 Å². The Bertz CT molecular complexity index is 1030. The minimum atomic E-state index is -0.380. The highest BCUT2D eigenvalue weighted by Crippen LogP contribution is 2.24. The summed E-state index contributed by atoms with van der Waals surface area (Å²) in [4.78, 5) is 37.6. The van der Waals surface area contributed by atoms with Crippen molar-refractivity contribution in [2.45, 2.75) is 82.4 Å². The Labute approximate surface area is 206 Å². The Morgan fingerprint density at radius 2 is 1.94 bits per heavy atom. The molecule has 1 N–H and O–H groups in total. The zero-order chi connectivity index (χ0) is 24.9. The highest BCUT2D eigenvalue weighted by molar-refractivity contribution is 8.00. The number of hydrogen-bond donors (Lipinski definition) is 1. The van der Waals surface area contributed by atoms with E-state index in [4.69, 9.17) is 4.74 Å². The number of benzene rings is 1. The third kappa shape index (κ3) is 9.00. The Balaban J connectivity index is 1.93. The lowest BCUT2D eigenvalue weighted by molar-refractivity contribution is -0.143. The van der Waals surface area contributed by atoms with Crippen molar-refractivity contribution >= 4 is 23.5 Å². The Kier molecular flexibility index (Phi) is 11.9. The predicted molar refractivity (Wildman–Crippen MR) is 138 cm³/mol. The highest BCUT2D eigenvalue weighted by atomic mass is 32.2. The second kappa shape index (κ2) is 14.7. The van der Waals surface area contributed by atoms with E-state index in [9.17, 15) is 14.4 Å². The molecule has 8 nitrogen and oxygen atoms in total. The summed E-state index contributed by atoms with van der Waals surface area (Å²) in [6.45, 7) is 7.29. The van der Waals surface area contributed by atoms with Crippen LogP contribution in [0.3, 0.4) is 0 Å². The maximum absolute atomic E-state index is 12.8. The van der Waals surface area contributed by atoms with Crippen LogP contribution in [0.15, 0.2) is 38.8 Å². The topological polar surface area (TPSA) is 95.2 Å². The van der Waals surface area contributed by atoms with Gasteiger partial charge < -0.3 is 10.1 Å². The number of unbranched alkanes of at least 4 members (excludes halogenated alkanes) is 4. The van der Waals surface area contributed by atoms with Gasteiger partial charge in [-0.3, -0.25) is 14.2 Å². The average molecular weight is 491 g/mol. The normalized spacial score (nSPS) is 11.9. The maximum atomic E-state index is 12.8. The van der Waals surface area contributed by atoms with E-state index in [0.717, 1.165) is 36.1 Å². The fourth-order valence-corrected chi connectivity index (χ4v) is 4.46. The van der Waals surface area contributed by atoms with Gasteiger partial charge in [0.15, 0.2) is 0 Å². The summed E-state index contributed by atoms with van der Waals surface area (Å²) in [7, 11) is 1.57. The van der Waals surface area contributed by atoms with E-state index in [1.165, 1.54) is 15.7 Å². The summed E-state index contributed by atoms with van der Waals surface area (Å²) in [5.74, 6) is 0.0161. The number of carbonyl (C=O) groups excluding carboxylic acids is 1. The number of esters is 1. The Morgan fingerprint density at radius 3 is 2.68 bits per heavy atom. The van der Waals surface area contributed by atoms with E-state index >= 15 is 0 Å². The number of nitrogens with zero attached hydrogens (tertiary/aromatic N) is 3. The van der Waals surface area contributed by atoms with Gasteiger partial charge in [-0.2, -0.15) is 0 Å². The number of rotatable bonds is 15. The first-order chi connectivity index (χ1) is 16.3. The van der Waals surface area contributed by atoms with Gasteiger partial charge in [-0.25, -0.2) is 9.48 Å². The quantitative estimate of drug-likeness (QED) is 0.229. The molecule has 1 heterocycles. The van der Waals surface area contributed by atoms with E-state index in [1.54, 1.807) is 25.7 Å². The molecule has 0 aliphatic carbocycles. The summed E-state index contributed by atoms with van der Waals surface area (Å²) < 4.78 is 7.72. The zero-order valence-corrected chi connectivity index (χ0v) is 21.7. The van der Waals surface area contributed by atoms with E-state index in [0.29, 0.717) is 32.5 Å². The zero-order valence-electron chi connectivity index (χ0n) is 20.8. The molecule has 0 fully saturated rings. The number of nitrogens with one attached hydrogen (secondary N) is 1. The van der Waals surface area contributed by atoms with E-state index < -0.39 is 0 Å². The Hall–Kier alpha value is -2.55. The number of aromatic nitrogens is 3. The van der Waals surface area contributed by atoms with Gasteiger partial charge in [0.2, 0.25) is 5.82 Å². The van der Waals surface area contributed by atoms with Crippen molar-refractivity contribution in [2.24, 2.45) is 7.05 Å². The summed E-state index contributed by atoms with van der Waals surface area (Å²) in [5, 5.41) is 7.40. The van der Waals surface area contributed by atoms with Gasteiger partial charge in [0.1, 0.15) is 6.61 Å². The van der Waals surface area contributed by atoms with Gasteiger partial charge in [0, 0.05) is 36.7 Å². The van der Waals surface area contributed by atoms with E-state index in [2.05, 4.69) is 23.4 Å². The third-order valence-corrected chi connectivity index (χ3v) is 6.46. The van der Waals surface area contributed by atoms with E-state index in [1.807, 2.05) is 25.1 Å². The van der Waals surface area contributed by atoms with Crippen molar-refractivity contribution in [3.63, 3.8) is 0 Å². The first-order valence-corrected chi connectivity index (χ1v) is 13.1. The average Bonchev–Trinajstić information content (AvgIpc) is 2.82. The molecule has 0 saturated carbocycles. The molecule has 9 heteroatoms. The van der Waals surface area contributed by atoms with Crippen LogP contribution in [0.4, 0.5) is 5.82 Å². The molecule has 1 aromatic heterocycles. The van der Waals surface area contributed by atoms with Gasteiger partial charge in [-0.1, -0.05) is 51.7 Å². The molecule has 188 valence electrons. The number of hydrogen-bond acceptors (Lipinski definition) is 7. The molecule has 2 aromatic rings. The lowest BCUT2D eigenvalue weighted by Crippen LogP contribution is -2.42. The lowest BCUT2D eigenvalue weighted by atomic mass is 10.1. The molecule has 0 aliphatic heterocycles. The second-order valence-electron chi connectivity index (χ2n) is 8.42. The van der Waals surface area contributed by atoms with Crippen LogP contribution in [0.5, 0.6) is 0 Å². The standard InChI is InChI=1S/C25H38N4O4S/c1-5-7-8-9-10-16-29-24(31)23(27-28(4)25(29)32)26-15-14-20-12-11-13-21(17-20)34-19(3)18-33-22(30)6-2/h11-13,17,19H,5-10,14-16,18H2,1-4H3,(H,26,27). The number of carbonyl (C=O) groups is 1. The van der Waals surface area contributed by atoms with Crippen molar-refractivity contribution in [1.82, 2.24) is 14.3 Å². The van der Waals surface area contributed by atoms with Crippen molar-refractivity contribution < 1.29 is 9.53 Å². The molecule has 1 aromatic carbocycles. The third-order valence-electron chi connectivity index (χ3n) is 5.40. The van der Waals surface area contributed by atoms with E-state index in [-0.39, 0.29) is 28.3 Å². The van der Waals surface area contributed by atoms with Gasteiger partial charge in [0.25, 0.3) is 5.56 Å². The van der Waals surface area contributed by atoms with Crippen molar-refractivity contribution in [3.05, 3.63) is 50.7 Å². The summed E-state index contributed by atoms with van der Waals surface area (Å²) in [5.41, 5.74) is 0.379. The summed E-state index contributed by atoms with van der Waals surface area (Å²) >= 11 is 1.66. The largest absolute Gasteiger partial charge is 0.465 e. The van der Waals surface area contributed by atoms with Gasteiger partial charge in [0.05, 0.1) is 0 Å². The van der Waals surface area contributed by atoms with Crippen LogP contribution in [-0.4, -0.2) is 38.7 Å². The molecule has 0 amide bonds. The monoisotopic (exact) mass is 490 g/mol. The molecule has 0 spiro atoms. The SMILES string of the molecule is CCCCCCCn1c(=O)c(NCCc2cccc(SC(C)COC(=O)CC)c2)nn(C)c1=O. The summed E-state index contributed by atoms with van der Waals surface area (Å²) in [6, 6.07) is 8.18. The van der Waals surface area contributed by atoms with Crippen molar-refractivity contribution in [3.8, 4) is 0 Å². The van der Waals surface area contributed by atoms with Crippen molar-refractivity contribution in [1.29, 1.82) is 0 Å². The predicted octanol–water partition coefficient (Wildman–Crippen LogP) is 4.00. The summed E-state index contributed by atoms with van der Waals surface area (Å²) in [6.07, 6.45) is 6.33. The molecule has 0 saturated heterocycles. The fourth-order valence-electron chi connectivity index (χ4n) is 3.48. The van der Waals surface area contributed by atoms with Crippen LogP contribution >= 0.6 is 11.8 Å². The van der Waals surface area contributed by atoms with Crippen LogP contribution < -0.4 is 16.6 Å². The van der Waals surface area contributed by atoms with Gasteiger partial charge in [-0.05, 0) is 37.5 Å². The molecule has 1 unspecified atom stereocenters. The molecule has 1 atom stereocenters. The smallest absolute Gasteiger partial charge is 0.347 e. The van der Waals surface area contributed by atoms with Crippen LogP contribution in [0.25, 0.3) is 0 Å². The first-order valence-electron chi connectivity index (χ1n) is 12.2. The fraction of sp³-hybridized carbons (Fsp3) is 0.600. The molecule has 2 rings (SSSR count). The highest BCUT2D eigenvalue weighted by Gasteiger charge is 2.12. The molecule has 34 heavy (non-hydrogen) atoms. The molecule has 0 aliphatic rings. The maximum Gasteiger partial charge on any atom is 0.347 e. The molecular weight excluding hydrogens is 452 g/mol. The van der Waals surface area contributed by atoms with Crippen LogP contribution in [0, 0.1) is 0 Å². The number of thioether (sulfide) groups is 1. The minimum absolute atomic E-state index is 0.152. The number of ether oxygens (including phenoxy) is 1. The first kappa shape index (κ1) is 27.7. The van der Waals surface area contributed by atoms with Gasteiger partial charge in [-0.15, -0.1) is 16.9 Å². The number of aryl methyl sites for hydroxylation is 1.